The maximum Gasteiger partial charge on any atom is 0.272 e. The largest absolute Gasteiger partial charge is 0.326 e. The van der Waals surface area contributed by atoms with Crippen molar-refractivity contribution in [2.45, 2.75) is 44.9 Å². The summed E-state index contributed by atoms with van der Waals surface area (Å²) < 4.78 is 0. The van der Waals surface area contributed by atoms with Crippen LogP contribution in [-0.4, -0.2) is 16.1 Å². The van der Waals surface area contributed by atoms with Gasteiger partial charge in [0, 0.05) is 23.9 Å². The van der Waals surface area contributed by atoms with E-state index in [1.165, 1.54) is 25.7 Å². The number of anilines is 1. The molecule has 1 amide bonds. The van der Waals surface area contributed by atoms with Crippen molar-refractivity contribution in [2.75, 3.05) is 5.32 Å². The van der Waals surface area contributed by atoms with Crippen LogP contribution >= 0.6 is 0 Å². The monoisotopic (exact) mass is 400 g/mol. The molecule has 0 aliphatic heterocycles. The normalized spacial score (nSPS) is 14.0. The smallest absolute Gasteiger partial charge is 0.272 e. The molecule has 2 aromatic carbocycles. The van der Waals surface area contributed by atoms with Gasteiger partial charge in [0.1, 0.15) is 0 Å². The summed E-state index contributed by atoms with van der Waals surface area (Å²) in [6.45, 7) is 0. The van der Waals surface area contributed by atoms with Crippen molar-refractivity contribution < 1.29 is 4.79 Å². The maximum atomic E-state index is 12.3. The molecule has 1 heterocycles. The Morgan fingerprint density at radius 2 is 1.90 bits per heavy atom. The number of aromatic nitrogens is 2. The van der Waals surface area contributed by atoms with Gasteiger partial charge in [0.2, 0.25) is 5.91 Å². The van der Waals surface area contributed by atoms with Crippen LogP contribution in [0.1, 0.15) is 55.3 Å². The minimum Gasteiger partial charge on any atom is -0.326 e. The lowest BCUT2D eigenvalue weighted by Crippen LogP contribution is -2.15. The number of hydrogen-bond donors (Lipinski definition) is 2. The summed E-state index contributed by atoms with van der Waals surface area (Å²) in [5.74, 6) is 0.663. The predicted molar refractivity (Wildman–Crippen MR) is 116 cm³/mol. The van der Waals surface area contributed by atoms with Gasteiger partial charge in [-0.15, -0.1) is 0 Å². The Bertz CT molecular complexity index is 1150. The first-order valence-electron chi connectivity index (χ1n) is 10.4. The first kappa shape index (κ1) is 19.8. The van der Waals surface area contributed by atoms with Gasteiger partial charge in [0.15, 0.2) is 0 Å². The number of nitriles is 1. The van der Waals surface area contributed by atoms with Crippen molar-refractivity contribution in [3.05, 3.63) is 69.6 Å². The molecular weight excluding hydrogens is 376 g/mol. The standard InChI is InChI=1S/C24H24N4O2/c25-15-18-7-5-17(6-8-18)13-22-20-11-10-19(14-21(20)24(30)28-27-22)26-23(29)12-9-16-3-1-2-4-16/h5-8,10-11,14,16H,1-4,9,12-13H2,(H,26,29)(H,28,30). The highest BCUT2D eigenvalue weighted by Gasteiger charge is 2.16. The highest BCUT2D eigenvalue weighted by atomic mass is 16.1. The lowest BCUT2D eigenvalue weighted by atomic mass is 10.0. The van der Waals surface area contributed by atoms with Gasteiger partial charge in [0.05, 0.1) is 22.7 Å². The fraction of sp³-hybridized carbons (Fsp3) is 0.333. The topological polar surface area (TPSA) is 98.6 Å². The summed E-state index contributed by atoms with van der Waals surface area (Å²) in [4.78, 5) is 24.7. The number of aromatic amines is 1. The molecule has 6 nitrogen and oxygen atoms in total. The predicted octanol–water partition coefficient (Wildman–Crippen LogP) is 4.29. The summed E-state index contributed by atoms with van der Waals surface area (Å²) in [6, 6.07) is 14.8. The van der Waals surface area contributed by atoms with E-state index < -0.39 is 0 Å². The Morgan fingerprint density at radius 1 is 1.13 bits per heavy atom. The first-order valence-corrected chi connectivity index (χ1v) is 10.4. The molecule has 1 aliphatic rings. The molecule has 30 heavy (non-hydrogen) atoms. The molecule has 152 valence electrons. The Kier molecular flexibility index (Phi) is 5.89. The zero-order valence-corrected chi connectivity index (χ0v) is 16.8. The summed E-state index contributed by atoms with van der Waals surface area (Å²) in [7, 11) is 0. The molecule has 1 saturated carbocycles. The molecule has 3 aromatic rings. The number of nitrogens with zero attached hydrogens (tertiary/aromatic N) is 2. The molecule has 1 fully saturated rings. The molecule has 1 aliphatic carbocycles. The van der Waals surface area contributed by atoms with Crippen LogP contribution in [0.5, 0.6) is 0 Å². The Labute approximate surface area is 174 Å². The van der Waals surface area contributed by atoms with Gasteiger partial charge in [-0.25, -0.2) is 5.10 Å². The Balaban J connectivity index is 1.50. The van der Waals surface area contributed by atoms with Gasteiger partial charge in [-0.2, -0.15) is 10.4 Å². The average Bonchev–Trinajstić information content (AvgIpc) is 3.29. The Hall–Kier alpha value is -3.46. The number of rotatable bonds is 6. The van der Waals surface area contributed by atoms with E-state index >= 15 is 0 Å². The third-order valence-corrected chi connectivity index (χ3v) is 5.86. The van der Waals surface area contributed by atoms with Crippen LogP contribution in [-0.2, 0) is 11.2 Å². The van der Waals surface area contributed by atoms with E-state index in [1.807, 2.05) is 24.3 Å². The van der Waals surface area contributed by atoms with E-state index in [4.69, 9.17) is 5.26 Å². The van der Waals surface area contributed by atoms with Crippen molar-refractivity contribution in [1.82, 2.24) is 10.2 Å². The molecule has 0 atom stereocenters. The van der Waals surface area contributed by atoms with Crippen LogP contribution in [0.2, 0.25) is 0 Å². The minimum absolute atomic E-state index is 0.00968. The van der Waals surface area contributed by atoms with E-state index in [1.54, 1.807) is 18.2 Å². The lowest BCUT2D eigenvalue weighted by molar-refractivity contribution is -0.116. The van der Waals surface area contributed by atoms with Crippen molar-refractivity contribution in [1.29, 1.82) is 5.26 Å². The molecule has 1 aromatic heterocycles. The number of amides is 1. The van der Waals surface area contributed by atoms with E-state index in [-0.39, 0.29) is 11.5 Å². The SMILES string of the molecule is N#Cc1ccc(Cc2n[nH]c(=O)c3cc(NC(=O)CCC4CCCC4)ccc23)cc1. The summed E-state index contributed by atoms with van der Waals surface area (Å²) in [6.07, 6.45) is 6.99. The number of carbonyl (C=O) groups is 1. The number of nitrogens with one attached hydrogen (secondary N) is 2. The van der Waals surface area contributed by atoms with E-state index in [0.717, 1.165) is 23.1 Å². The highest BCUT2D eigenvalue weighted by molar-refractivity contribution is 5.94. The first-order chi connectivity index (χ1) is 14.6. The van der Waals surface area contributed by atoms with Crippen molar-refractivity contribution in [2.24, 2.45) is 5.92 Å². The third-order valence-electron chi connectivity index (χ3n) is 5.86. The number of carbonyl (C=O) groups excluding carboxylic acids is 1. The molecule has 2 N–H and O–H groups in total. The van der Waals surface area contributed by atoms with Gasteiger partial charge in [-0.3, -0.25) is 9.59 Å². The van der Waals surface area contributed by atoms with Crippen molar-refractivity contribution in [3.63, 3.8) is 0 Å². The summed E-state index contributed by atoms with van der Waals surface area (Å²) >= 11 is 0. The molecule has 0 radical (unpaired) electrons. The van der Waals surface area contributed by atoms with Crippen molar-refractivity contribution in [3.8, 4) is 6.07 Å². The van der Waals surface area contributed by atoms with Gasteiger partial charge in [-0.1, -0.05) is 43.9 Å². The van der Waals surface area contributed by atoms with E-state index in [0.29, 0.717) is 35.4 Å². The number of H-pyrrole nitrogens is 1. The van der Waals surface area contributed by atoms with Crippen LogP contribution in [0.15, 0.2) is 47.3 Å². The van der Waals surface area contributed by atoms with E-state index in [9.17, 15) is 9.59 Å². The second-order valence-electron chi connectivity index (χ2n) is 7.98. The maximum absolute atomic E-state index is 12.3. The molecule has 0 unspecified atom stereocenters. The number of benzene rings is 2. The van der Waals surface area contributed by atoms with Crippen molar-refractivity contribution >= 4 is 22.4 Å². The van der Waals surface area contributed by atoms with Gasteiger partial charge >= 0.3 is 0 Å². The third kappa shape index (κ3) is 4.57. The van der Waals surface area contributed by atoms with Gasteiger partial charge in [0.25, 0.3) is 5.56 Å². The van der Waals surface area contributed by atoms with E-state index in [2.05, 4.69) is 21.6 Å². The average molecular weight is 400 g/mol. The molecule has 6 heteroatoms. The molecule has 0 bridgehead atoms. The Morgan fingerprint density at radius 3 is 2.63 bits per heavy atom. The second kappa shape index (κ2) is 8.91. The lowest BCUT2D eigenvalue weighted by Gasteiger charge is -2.10. The van der Waals surface area contributed by atoms with Crippen LogP contribution in [0.25, 0.3) is 10.8 Å². The van der Waals surface area contributed by atoms with Crippen LogP contribution < -0.4 is 10.9 Å². The summed E-state index contributed by atoms with van der Waals surface area (Å²) in [5, 5.41) is 19.9. The van der Waals surface area contributed by atoms with Gasteiger partial charge in [-0.05, 0) is 42.2 Å². The fourth-order valence-corrected chi connectivity index (χ4v) is 4.18. The highest BCUT2D eigenvalue weighted by Crippen LogP contribution is 2.28. The molecule has 4 rings (SSSR count). The summed E-state index contributed by atoms with van der Waals surface area (Å²) in [5.41, 5.74) is 2.69. The number of fused-ring (bicyclic) bond motifs is 1. The zero-order chi connectivity index (χ0) is 20.9. The quantitative estimate of drug-likeness (QED) is 0.645. The van der Waals surface area contributed by atoms with Gasteiger partial charge < -0.3 is 5.32 Å². The second-order valence-corrected chi connectivity index (χ2v) is 7.98. The zero-order valence-electron chi connectivity index (χ0n) is 16.8. The molecular formula is C24H24N4O2. The fourth-order valence-electron chi connectivity index (χ4n) is 4.18. The van der Waals surface area contributed by atoms with Crippen LogP contribution in [0.4, 0.5) is 5.69 Å². The molecule has 0 spiro atoms. The molecule has 0 saturated heterocycles. The number of hydrogen-bond acceptors (Lipinski definition) is 4. The van der Waals surface area contributed by atoms with Crippen LogP contribution in [0.3, 0.4) is 0 Å². The van der Waals surface area contributed by atoms with Crippen LogP contribution in [0, 0.1) is 17.2 Å². The minimum atomic E-state index is -0.282.